The van der Waals surface area contributed by atoms with Gasteiger partial charge >= 0.3 is 0 Å². The van der Waals surface area contributed by atoms with Crippen molar-refractivity contribution >= 4 is 49.7 Å². The van der Waals surface area contributed by atoms with Crippen LogP contribution in [0, 0.1) is 0 Å². The number of hydrogen-bond acceptors (Lipinski definition) is 3. The molecule has 0 N–H and O–H groups in total. The lowest BCUT2D eigenvalue weighted by molar-refractivity contribution is 0.0744. The molecule has 5 rings (SSSR count). The lowest BCUT2D eigenvalue weighted by Crippen LogP contribution is -2.32. The van der Waals surface area contributed by atoms with E-state index >= 15 is 0 Å². The number of carbonyl (C=O) groups is 1. The Balaban J connectivity index is 1.38. The van der Waals surface area contributed by atoms with E-state index in [-0.39, 0.29) is 5.91 Å². The second-order valence-corrected chi connectivity index (χ2v) is 10.2. The molecule has 0 spiro atoms. The third kappa shape index (κ3) is 5.09. The van der Waals surface area contributed by atoms with Crippen LogP contribution in [0.4, 0.5) is 0 Å². The molecule has 5 aromatic rings. The molecule has 0 unspecified atom stereocenters. The van der Waals surface area contributed by atoms with Crippen LogP contribution in [0.2, 0.25) is 5.02 Å². The summed E-state index contributed by atoms with van der Waals surface area (Å²) in [6.07, 6.45) is 2.79. The summed E-state index contributed by atoms with van der Waals surface area (Å²) >= 11 is 11.1. The number of rotatable bonds is 7. The van der Waals surface area contributed by atoms with Crippen molar-refractivity contribution in [2.24, 2.45) is 0 Å². The minimum absolute atomic E-state index is 0.0234. The molecule has 0 aliphatic rings. The van der Waals surface area contributed by atoms with E-state index in [4.69, 9.17) is 16.6 Å². The minimum atomic E-state index is 0.0234. The maximum Gasteiger partial charge on any atom is 0.254 e. The highest BCUT2D eigenvalue weighted by molar-refractivity contribution is 9.10. The van der Waals surface area contributed by atoms with E-state index in [9.17, 15) is 4.79 Å². The van der Waals surface area contributed by atoms with Crippen molar-refractivity contribution in [3.8, 4) is 11.3 Å². The summed E-state index contributed by atoms with van der Waals surface area (Å²) in [5.41, 5.74) is 4.87. The van der Waals surface area contributed by atoms with Gasteiger partial charge in [0.2, 0.25) is 0 Å². The minimum Gasteiger partial charge on any atom is -0.334 e. The highest BCUT2D eigenvalue weighted by Gasteiger charge is 2.18. The number of hydrogen-bond donors (Lipinski definition) is 0. The second kappa shape index (κ2) is 10.1. The SMILES string of the molecule is O=C(c1ccc(Br)cc1)N(CCc1csc2nc(-c3ccc(Cl)cc3)cn12)Cc1ccccc1. The lowest BCUT2D eigenvalue weighted by atomic mass is 10.1. The summed E-state index contributed by atoms with van der Waals surface area (Å²) in [5, 5.41) is 2.83. The molecule has 0 bridgehead atoms. The average molecular weight is 551 g/mol. The van der Waals surface area contributed by atoms with E-state index in [1.165, 1.54) is 0 Å². The quantitative estimate of drug-likeness (QED) is 0.212. The predicted molar refractivity (Wildman–Crippen MR) is 143 cm³/mol. The third-order valence-corrected chi connectivity index (χ3v) is 7.33. The van der Waals surface area contributed by atoms with E-state index in [1.807, 2.05) is 71.6 Å². The van der Waals surface area contributed by atoms with E-state index < -0.39 is 0 Å². The highest BCUT2D eigenvalue weighted by Crippen LogP contribution is 2.25. The Hall–Kier alpha value is -2.93. The first kappa shape index (κ1) is 22.8. The monoisotopic (exact) mass is 549 g/mol. The van der Waals surface area contributed by atoms with Crippen molar-refractivity contribution in [1.29, 1.82) is 0 Å². The maximum atomic E-state index is 13.4. The van der Waals surface area contributed by atoms with Crippen LogP contribution >= 0.6 is 38.9 Å². The van der Waals surface area contributed by atoms with Crippen LogP contribution in [-0.2, 0) is 13.0 Å². The summed E-state index contributed by atoms with van der Waals surface area (Å²) in [6, 6.07) is 25.3. The van der Waals surface area contributed by atoms with Gasteiger partial charge in [-0.1, -0.05) is 70.0 Å². The fourth-order valence-electron chi connectivity index (χ4n) is 3.85. The Morgan fingerprint density at radius 1 is 1.00 bits per heavy atom. The molecule has 34 heavy (non-hydrogen) atoms. The highest BCUT2D eigenvalue weighted by atomic mass is 79.9. The van der Waals surface area contributed by atoms with Crippen LogP contribution < -0.4 is 0 Å². The Morgan fingerprint density at radius 3 is 2.47 bits per heavy atom. The first-order valence-corrected chi connectivity index (χ1v) is 12.9. The fourth-order valence-corrected chi connectivity index (χ4v) is 5.15. The molecule has 0 saturated carbocycles. The Bertz CT molecular complexity index is 1410. The normalized spacial score (nSPS) is 11.1. The van der Waals surface area contributed by atoms with Gasteiger partial charge in [-0.15, -0.1) is 11.3 Å². The number of nitrogens with zero attached hydrogens (tertiary/aromatic N) is 3. The van der Waals surface area contributed by atoms with Crippen molar-refractivity contribution in [2.45, 2.75) is 13.0 Å². The van der Waals surface area contributed by atoms with Crippen molar-refractivity contribution in [3.63, 3.8) is 0 Å². The van der Waals surface area contributed by atoms with Gasteiger partial charge in [0.25, 0.3) is 5.91 Å². The van der Waals surface area contributed by atoms with Crippen LogP contribution in [-0.4, -0.2) is 26.7 Å². The number of thiazole rings is 1. The molecule has 0 fully saturated rings. The van der Waals surface area contributed by atoms with Gasteiger partial charge in [-0.3, -0.25) is 9.20 Å². The maximum absolute atomic E-state index is 13.4. The molecular formula is C27H21BrClN3OS. The van der Waals surface area contributed by atoms with Crippen LogP contribution in [0.5, 0.6) is 0 Å². The summed E-state index contributed by atoms with van der Waals surface area (Å²) < 4.78 is 3.08. The summed E-state index contributed by atoms with van der Waals surface area (Å²) in [6.45, 7) is 1.16. The molecule has 2 heterocycles. The molecule has 7 heteroatoms. The van der Waals surface area contributed by atoms with Gasteiger partial charge in [0.15, 0.2) is 4.96 Å². The van der Waals surface area contributed by atoms with Gasteiger partial charge in [0.1, 0.15) is 0 Å². The van der Waals surface area contributed by atoms with E-state index in [2.05, 4.69) is 44.0 Å². The topological polar surface area (TPSA) is 37.6 Å². The van der Waals surface area contributed by atoms with E-state index in [0.29, 0.717) is 23.7 Å². The number of imidazole rings is 1. The first-order chi connectivity index (χ1) is 16.6. The molecule has 4 nitrogen and oxygen atoms in total. The van der Waals surface area contributed by atoms with E-state index in [0.717, 1.165) is 38.4 Å². The molecule has 0 saturated heterocycles. The number of benzene rings is 3. The summed E-state index contributed by atoms with van der Waals surface area (Å²) in [5.74, 6) is 0.0234. The van der Waals surface area contributed by atoms with Crippen LogP contribution in [0.15, 0.2) is 94.9 Å². The zero-order valence-corrected chi connectivity index (χ0v) is 21.4. The Kier molecular flexibility index (Phi) is 6.81. The molecule has 0 aliphatic heterocycles. The number of carbonyl (C=O) groups excluding carboxylic acids is 1. The van der Waals surface area contributed by atoms with E-state index in [1.54, 1.807) is 11.3 Å². The molecule has 0 aliphatic carbocycles. The zero-order chi connectivity index (χ0) is 23.5. The van der Waals surface area contributed by atoms with Crippen molar-refractivity contribution in [1.82, 2.24) is 14.3 Å². The van der Waals surface area contributed by atoms with Gasteiger partial charge in [-0.05, 0) is 42.0 Å². The molecule has 170 valence electrons. The molecule has 2 aromatic heterocycles. The van der Waals surface area contributed by atoms with Gasteiger partial charge in [-0.25, -0.2) is 4.98 Å². The summed E-state index contributed by atoms with van der Waals surface area (Å²) in [4.78, 5) is 21.0. The predicted octanol–water partition coefficient (Wildman–Crippen LogP) is 7.36. The number of halogens is 2. The smallest absolute Gasteiger partial charge is 0.254 e. The number of amides is 1. The molecule has 0 atom stereocenters. The molecule has 1 amide bonds. The second-order valence-electron chi connectivity index (χ2n) is 7.98. The molecule has 3 aromatic carbocycles. The number of aromatic nitrogens is 2. The van der Waals surface area contributed by atoms with Gasteiger partial charge in [-0.2, -0.15) is 0 Å². The average Bonchev–Trinajstić information content (AvgIpc) is 3.44. The summed E-state index contributed by atoms with van der Waals surface area (Å²) in [7, 11) is 0. The van der Waals surface area contributed by atoms with Crippen molar-refractivity contribution in [3.05, 3.63) is 117 Å². The third-order valence-electron chi connectivity index (χ3n) is 5.66. The zero-order valence-electron chi connectivity index (χ0n) is 18.2. The van der Waals surface area contributed by atoms with Crippen molar-refractivity contribution < 1.29 is 4.79 Å². The largest absolute Gasteiger partial charge is 0.334 e. The van der Waals surface area contributed by atoms with Crippen molar-refractivity contribution in [2.75, 3.05) is 6.54 Å². The van der Waals surface area contributed by atoms with Crippen LogP contribution in [0.1, 0.15) is 21.6 Å². The first-order valence-electron chi connectivity index (χ1n) is 10.9. The van der Waals surface area contributed by atoms with Gasteiger partial charge in [0, 0.05) is 57.4 Å². The lowest BCUT2D eigenvalue weighted by Gasteiger charge is -2.23. The van der Waals surface area contributed by atoms with Gasteiger partial charge < -0.3 is 4.90 Å². The Labute approximate surface area is 215 Å². The molecule has 0 radical (unpaired) electrons. The molecular weight excluding hydrogens is 530 g/mol. The van der Waals surface area contributed by atoms with Gasteiger partial charge in [0.05, 0.1) is 5.69 Å². The van der Waals surface area contributed by atoms with Crippen LogP contribution in [0.3, 0.4) is 0 Å². The van der Waals surface area contributed by atoms with Crippen LogP contribution in [0.25, 0.3) is 16.2 Å². The fraction of sp³-hybridized carbons (Fsp3) is 0.111. The Morgan fingerprint density at radius 2 is 1.74 bits per heavy atom. The standard InChI is InChI=1S/C27H21BrClN3OS/c28-22-10-6-21(7-11-22)26(33)31(16-19-4-2-1-3-5-19)15-14-24-18-34-27-30-25(17-32(24)27)20-8-12-23(29)13-9-20/h1-13,17-18H,14-16H2. The number of fused-ring (bicyclic) bond motifs is 1.